The number of carbonyl (C=O) groups is 1. The predicted octanol–water partition coefficient (Wildman–Crippen LogP) is 1.31. The van der Waals surface area contributed by atoms with Crippen molar-refractivity contribution in [2.45, 2.75) is 13.0 Å². The molecule has 2 amide bonds. The van der Waals surface area contributed by atoms with Crippen molar-refractivity contribution in [1.82, 2.24) is 14.8 Å². The van der Waals surface area contributed by atoms with Gasteiger partial charge in [0.1, 0.15) is 0 Å². The summed E-state index contributed by atoms with van der Waals surface area (Å²) in [7, 11) is 2.08. The minimum absolute atomic E-state index is 0.0458. The van der Waals surface area contributed by atoms with Crippen molar-refractivity contribution in [1.29, 1.82) is 0 Å². The second-order valence-corrected chi connectivity index (χ2v) is 4.97. The highest BCUT2D eigenvalue weighted by molar-refractivity contribution is 7.13. The number of urea groups is 1. The molecule has 2 rings (SSSR count). The fourth-order valence-corrected chi connectivity index (χ4v) is 2.41. The van der Waals surface area contributed by atoms with Gasteiger partial charge in [0.05, 0.1) is 0 Å². The van der Waals surface area contributed by atoms with E-state index in [9.17, 15) is 4.79 Å². The Morgan fingerprint density at radius 1 is 1.62 bits per heavy atom. The van der Waals surface area contributed by atoms with Crippen LogP contribution in [0.2, 0.25) is 0 Å². The fourth-order valence-electron chi connectivity index (χ4n) is 1.89. The van der Waals surface area contributed by atoms with Crippen LogP contribution in [0.25, 0.3) is 0 Å². The molecule has 1 aliphatic heterocycles. The molecule has 1 unspecified atom stereocenters. The predicted molar refractivity (Wildman–Crippen MR) is 64.8 cm³/mol. The van der Waals surface area contributed by atoms with Crippen LogP contribution in [0.4, 0.5) is 9.93 Å². The minimum Gasteiger partial charge on any atom is -0.319 e. The molecule has 88 valence electrons. The Bertz CT molecular complexity index is 354. The first-order valence-electron chi connectivity index (χ1n) is 5.32. The smallest absolute Gasteiger partial charge is 0.319 e. The average molecular weight is 240 g/mol. The number of hydrogen-bond donors (Lipinski definition) is 1. The molecule has 1 atom stereocenters. The number of nitrogens with one attached hydrogen (secondary N) is 1. The van der Waals surface area contributed by atoms with Gasteiger partial charge < -0.3 is 9.80 Å². The van der Waals surface area contributed by atoms with Gasteiger partial charge in [0.15, 0.2) is 5.13 Å². The molecule has 2 heterocycles. The van der Waals surface area contributed by atoms with E-state index < -0.39 is 0 Å². The highest BCUT2D eigenvalue weighted by Crippen LogP contribution is 2.14. The average Bonchev–Trinajstić information content (AvgIpc) is 2.70. The fraction of sp³-hybridized carbons (Fsp3) is 0.600. The molecule has 0 spiro atoms. The topological polar surface area (TPSA) is 48.5 Å². The zero-order valence-electron chi connectivity index (χ0n) is 9.51. The van der Waals surface area contributed by atoms with Gasteiger partial charge in [-0.2, -0.15) is 0 Å². The van der Waals surface area contributed by atoms with Crippen molar-refractivity contribution in [3.63, 3.8) is 0 Å². The Balaban J connectivity index is 1.94. The number of aromatic nitrogens is 1. The monoisotopic (exact) mass is 240 g/mol. The molecule has 0 bridgehead atoms. The molecule has 0 saturated carbocycles. The third-order valence-corrected chi connectivity index (χ3v) is 3.43. The van der Waals surface area contributed by atoms with Crippen molar-refractivity contribution in [2.75, 3.05) is 32.0 Å². The van der Waals surface area contributed by atoms with E-state index >= 15 is 0 Å². The molecule has 0 aliphatic carbocycles. The Morgan fingerprint density at radius 3 is 3.06 bits per heavy atom. The molecular formula is C10H16N4OS. The number of nitrogens with zero attached hydrogens (tertiary/aromatic N) is 3. The number of carbonyl (C=O) groups excluding carboxylic acids is 1. The number of likely N-dealkylation sites (N-methyl/N-ethyl adjacent to an activating group) is 1. The third kappa shape index (κ3) is 2.51. The summed E-state index contributed by atoms with van der Waals surface area (Å²) in [5, 5.41) is 5.33. The summed E-state index contributed by atoms with van der Waals surface area (Å²) in [6.45, 7) is 4.69. The molecule has 1 aromatic heterocycles. The Labute approximate surface area is 99.1 Å². The van der Waals surface area contributed by atoms with Gasteiger partial charge in [0, 0.05) is 37.3 Å². The lowest BCUT2D eigenvalue weighted by Gasteiger charge is -2.37. The van der Waals surface area contributed by atoms with Gasteiger partial charge in [0.25, 0.3) is 0 Å². The van der Waals surface area contributed by atoms with E-state index in [1.165, 1.54) is 11.3 Å². The molecule has 1 N–H and O–H groups in total. The second kappa shape index (κ2) is 4.80. The molecule has 5 nitrogen and oxygen atoms in total. The van der Waals surface area contributed by atoms with Gasteiger partial charge in [-0.1, -0.05) is 0 Å². The van der Waals surface area contributed by atoms with Gasteiger partial charge in [-0.05, 0) is 14.0 Å². The van der Waals surface area contributed by atoms with E-state index in [1.54, 1.807) is 6.20 Å². The van der Waals surface area contributed by atoms with Crippen molar-refractivity contribution in [2.24, 2.45) is 0 Å². The zero-order chi connectivity index (χ0) is 11.5. The minimum atomic E-state index is -0.0458. The normalized spacial score (nSPS) is 22.1. The van der Waals surface area contributed by atoms with Crippen molar-refractivity contribution in [3.8, 4) is 0 Å². The van der Waals surface area contributed by atoms with Gasteiger partial charge in [-0.25, -0.2) is 9.78 Å². The maximum Gasteiger partial charge on any atom is 0.323 e. The van der Waals surface area contributed by atoms with E-state index in [1.807, 2.05) is 10.3 Å². The lowest BCUT2D eigenvalue weighted by Crippen LogP contribution is -2.53. The molecule has 16 heavy (non-hydrogen) atoms. The van der Waals surface area contributed by atoms with Crippen LogP contribution in [0, 0.1) is 0 Å². The molecule has 0 radical (unpaired) electrons. The summed E-state index contributed by atoms with van der Waals surface area (Å²) in [5.41, 5.74) is 0. The summed E-state index contributed by atoms with van der Waals surface area (Å²) < 4.78 is 0. The van der Waals surface area contributed by atoms with Crippen LogP contribution in [-0.4, -0.2) is 53.5 Å². The second-order valence-electron chi connectivity index (χ2n) is 4.07. The number of amides is 2. The largest absolute Gasteiger partial charge is 0.323 e. The van der Waals surface area contributed by atoms with Crippen LogP contribution in [-0.2, 0) is 0 Å². The molecule has 0 aromatic carbocycles. The van der Waals surface area contributed by atoms with Gasteiger partial charge in [0.2, 0.25) is 0 Å². The SMILES string of the molecule is CC1CN(C)CCN1C(=O)Nc1nccs1. The molecule has 1 aromatic rings. The summed E-state index contributed by atoms with van der Waals surface area (Å²) in [5.74, 6) is 0. The number of piperazine rings is 1. The molecule has 6 heteroatoms. The highest BCUT2D eigenvalue weighted by atomic mass is 32.1. The molecule has 1 saturated heterocycles. The first-order chi connectivity index (χ1) is 7.66. The number of anilines is 1. The van der Waals surface area contributed by atoms with E-state index in [-0.39, 0.29) is 12.1 Å². The maximum absolute atomic E-state index is 11.9. The van der Waals surface area contributed by atoms with Crippen molar-refractivity contribution in [3.05, 3.63) is 11.6 Å². The van der Waals surface area contributed by atoms with Crippen LogP contribution in [0.5, 0.6) is 0 Å². The van der Waals surface area contributed by atoms with E-state index in [0.717, 1.165) is 19.6 Å². The van der Waals surface area contributed by atoms with Crippen LogP contribution in [0.3, 0.4) is 0 Å². The van der Waals surface area contributed by atoms with Crippen LogP contribution in [0.1, 0.15) is 6.92 Å². The van der Waals surface area contributed by atoms with E-state index in [4.69, 9.17) is 0 Å². The lowest BCUT2D eigenvalue weighted by atomic mass is 10.2. The van der Waals surface area contributed by atoms with Gasteiger partial charge >= 0.3 is 6.03 Å². The Hall–Kier alpha value is -1.14. The maximum atomic E-state index is 11.9. The highest BCUT2D eigenvalue weighted by Gasteiger charge is 2.25. The Kier molecular flexibility index (Phi) is 3.40. The number of hydrogen-bond acceptors (Lipinski definition) is 4. The van der Waals surface area contributed by atoms with Crippen LogP contribution in [0.15, 0.2) is 11.6 Å². The molecule has 1 aliphatic rings. The summed E-state index contributed by atoms with van der Waals surface area (Å²) in [6.07, 6.45) is 1.69. The zero-order valence-corrected chi connectivity index (χ0v) is 10.3. The number of rotatable bonds is 1. The van der Waals surface area contributed by atoms with Crippen molar-refractivity contribution >= 4 is 22.5 Å². The first kappa shape index (κ1) is 11.3. The Morgan fingerprint density at radius 2 is 2.44 bits per heavy atom. The molecule has 1 fully saturated rings. The van der Waals surface area contributed by atoms with E-state index in [2.05, 4.69) is 29.2 Å². The summed E-state index contributed by atoms with van der Waals surface area (Å²) in [4.78, 5) is 20.1. The quantitative estimate of drug-likeness (QED) is 0.805. The standard InChI is InChI=1S/C10H16N4OS/c1-8-7-13(2)4-5-14(8)10(15)12-9-11-3-6-16-9/h3,6,8H,4-5,7H2,1-2H3,(H,11,12,15). The van der Waals surface area contributed by atoms with Crippen molar-refractivity contribution < 1.29 is 4.79 Å². The number of thiazole rings is 1. The summed E-state index contributed by atoms with van der Waals surface area (Å²) >= 11 is 1.44. The first-order valence-corrected chi connectivity index (χ1v) is 6.20. The van der Waals surface area contributed by atoms with Gasteiger partial charge in [-0.15, -0.1) is 11.3 Å². The molecular weight excluding hydrogens is 224 g/mol. The van der Waals surface area contributed by atoms with Crippen LogP contribution >= 0.6 is 11.3 Å². The lowest BCUT2D eigenvalue weighted by molar-refractivity contribution is 0.125. The summed E-state index contributed by atoms with van der Waals surface area (Å²) in [6, 6.07) is 0.203. The van der Waals surface area contributed by atoms with Gasteiger partial charge in [-0.3, -0.25) is 5.32 Å². The van der Waals surface area contributed by atoms with E-state index in [0.29, 0.717) is 5.13 Å². The third-order valence-electron chi connectivity index (χ3n) is 2.74. The van der Waals surface area contributed by atoms with Crippen LogP contribution < -0.4 is 5.32 Å².